The van der Waals surface area contributed by atoms with E-state index < -0.39 is 0 Å². The van der Waals surface area contributed by atoms with Crippen LogP contribution in [0.2, 0.25) is 0 Å². The fourth-order valence-electron chi connectivity index (χ4n) is 3.40. The van der Waals surface area contributed by atoms with Crippen LogP contribution in [0, 0.1) is 0 Å². The van der Waals surface area contributed by atoms with Crippen LogP contribution in [0.1, 0.15) is 32.6 Å². The van der Waals surface area contributed by atoms with E-state index in [-0.39, 0.29) is 42.1 Å². The second-order valence-corrected chi connectivity index (χ2v) is 6.84. The van der Waals surface area contributed by atoms with Crippen molar-refractivity contribution in [1.82, 2.24) is 21.3 Å². The van der Waals surface area contributed by atoms with Crippen molar-refractivity contribution in [3.05, 3.63) is 0 Å². The van der Waals surface area contributed by atoms with Gasteiger partial charge >= 0.3 is 6.03 Å². The Balaban J connectivity index is 1.43. The SMILES string of the molecule is CC1CC(Cl)NC(NC(=O)NC2CCC3OCCOC3C2)N1. The Kier molecular flexibility index (Phi) is 5.41. The van der Waals surface area contributed by atoms with Gasteiger partial charge in [0.2, 0.25) is 0 Å². The van der Waals surface area contributed by atoms with Crippen molar-refractivity contribution in [3.8, 4) is 0 Å². The molecule has 22 heavy (non-hydrogen) atoms. The highest BCUT2D eigenvalue weighted by Crippen LogP contribution is 2.26. The summed E-state index contributed by atoms with van der Waals surface area (Å²) in [5, 5.41) is 12.2. The molecule has 2 heterocycles. The van der Waals surface area contributed by atoms with Gasteiger partial charge in [-0.25, -0.2) is 4.79 Å². The summed E-state index contributed by atoms with van der Waals surface area (Å²) in [5.41, 5.74) is -0.134. The van der Waals surface area contributed by atoms with E-state index in [0.717, 1.165) is 25.7 Å². The molecule has 3 fully saturated rings. The maximum absolute atomic E-state index is 12.1. The lowest BCUT2D eigenvalue weighted by atomic mass is 9.90. The summed E-state index contributed by atoms with van der Waals surface area (Å²) >= 11 is 6.10. The van der Waals surface area contributed by atoms with Crippen molar-refractivity contribution in [2.24, 2.45) is 0 Å². The van der Waals surface area contributed by atoms with E-state index in [4.69, 9.17) is 21.1 Å². The van der Waals surface area contributed by atoms with Gasteiger partial charge in [-0.2, -0.15) is 0 Å². The Morgan fingerprint density at radius 2 is 1.86 bits per heavy atom. The van der Waals surface area contributed by atoms with E-state index in [2.05, 4.69) is 21.3 Å². The average molecular weight is 333 g/mol. The summed E-state index contributed by atoms with van der Waals surface area (Å²) in [7, 11) is 0. The van der Waals surface area contributed by atoms with Gasteiger partial charge in [0.15, 0.2) is 0 Å². The molecule has 2 amide bonds. The molecule has 0 spiro atoms. The first kappa shape index (κ1) is 16.3. The third kappa shape index (κ3) is 4.23. The molecule has 3 aliphatic rings. The number of fused-ring (bicyclic) bond motifs is 1. The number of rotatable bonds is 2. The molecule has 6 unspecified atom stereocenters. The van der Waals surface area contributed by atoms with Crippen molar-refractivity contribution in [2.75, 3.05) is 13.2 Å². The Bertz CT molecular complexity index is 390. The van der Waals surface area contributed by atoms with Crippen molar-refractivity contribution in [2.45, 2.75) is 68.7 Å². The number of carbonyl (C=O) groups is 1. The molecular formula is C14H25ClN4O3. The second kappa shape index (κ2) is 7.31. The number of carbonyl (C=O) groups excluding carboxylic acids is 1. The Labute approximate surface area is 135 Å². The number of ether oxygens (including phenoxy) is 2. The first-order valence-electron chi connectivity index (χ1n) is 8.06. The zero-order chi connectivity index (χ0) is 15.5. The number of urea groups is 1. The minimum atomic E-state index is -0.308. The molecule has 8 heteroatoms. The molecule has 1 aliphatic carbocycles. The molecule has 4 N–H and O–H groups in total. The maximum Gasteiger partial charge on any atom is 0.317 e. The van der Waals surface area contributed by atoms with Gasteiger partial charge in [-0.3, -0.25) is 10.6 Å². The lowest BCUT2D eigenvalue weighted by molar-refractivity contribution is -0.157. The van der Waals surface area contributed by atoms with E-state index in [9.17, 15) is 4.79 Å². The van der Waals surface area contributed by atoms with Crippen LogP contribution in [0.3, 0.4) is 0 Å². The van der Waals surface area contributed by atoms with Crippen LogP contribution in [-0.4, -0.2) is 55.3 Å². The summed E-state index contributed by atoms with van der Waals surface area (Å²) in [6, 6.07) is 0.191. The van der Waals surface area contributed by atoms with Gasteiger partial charge in [0.25, 0.3) is 0 Å². The number of hydrogen-bond acceptors (Lipinski definition) is 5. The smallest absolute Gasteiger partial charge is 0.317 e. The number of nitrogens with one attached hydrogen (secondary N) is 4. The zero-order valence-corrected chi connectivity index (χ0v) is 13.6. The summed E-state index contributed by atoms with van der Waals surface area (Å²) in [4.78, 5) is 12.1. The zero-order valence-electron chi connectivity index (χ0n) is 12.8. The van der Waals surface area contributed by atoms with Gasteiger partial charge in [0.1, 0.15) is 6.29 Å². The average Bonchev–Trinajstić information content (AvgIpc) is 2.45. The van der Waals surface area contributed by atoms with Crippen LogP contribution in [0.15, 0.2) is 0 Å². The van der Waals surface area contributed by atoms with Gasteiger partial charge in [0, 0.05) is 12.1 Å². The first-order valence-corrected chi connectivity index (χ1v) is 8.50. The fraction of sp³-hybridized carbons (Fsp3) is 0.929. The molecule has 126 valence electrons. The lowest BCUT2D eigenvalue weighted by Gasteiger charge is -2.39. The Morgan fingerprint density at radius 3 is 2.64 bits per heavy atom. The van der Waals surface area contributed by atoms with E-state index in [1.54, 1.807) is 0 Å². The summed E-state index contributed by atoms with van der Waals surface area (Å²) in [5.74, 6) is 0. The summed E-state index contributed by atoms with van der Waals surface area (Å²) in [6.45, 7) is 3.37. The predicted molar refractivity (Wildman–Crippen MR) is 82.6 cm³/mol. The van der Waals surface area contributed by atoms with Crippen molar-refractivity contribution in [3.63, 3.8) is 0 Å². The number of halogens is 1. The number of amides is 2. The first-order chi connectivity index (χ1) is 10.6. The molecular weight excluding hydrogens is 308 g/mol. The molecule has 7 nitrogen and oxygen atoms in total. The maximum atomic E-state index is 12.1. The molecule has 2 saturated heterocycles. The van der Waals surface area contributed by atoms with Crippen LogP contribution in [0.5, 0.6) is 0 Å². The van der Waals surface area contributed by atoms with Crippen LogP contribution >= 0.6 is 11.6 Å². The molecule has 0 radical (unpaired) electrons. The topological polar surface area (TPSA) is 83.7 Å². The van der Waals surface area contributed by atoms with Crippen LogP contribution in [-0.2, 0) is 9.47 Å². The molecule has 3 rings (SSSR count). The number of alkyl halides is 1. The van der Waals surface area contributed by atoms with Crippen molar-refractivity contribution < 1.29 is 14.3 Å². The Hall–Kier alpha value is -0.600. The van der Waals surface area contributed by atoms with E-state index >= 15 is 0 Å². The van der Waals surface area contributed by atoms with E-state index in [1.807, 2.05) is 6.92 Å². The largest absolute Gasteiger partial charge is 0.373 e. The standard InChI is InChI=1S/C14H25ClN4O3/c1-8-6-12(15)18-13(16-8)19-14(20)17-9-2-3-10-11(7-9)22-5-4-21-10/h8-13,16,18H,2-7H2,1H3,(H2,17,19,20). The van der Waals surface area contributed by atoms with Gasteiger partial charge in [-0.05, 0) is 32.6 Å². The van der Waals surface area contributed by atoms with E-state index in [1.165, 1.54) is 0 Å². The van der Waals surface area contributed by atoms with Gasteiger partial charge in [-0.1, -0.05) is 0 Å². The second-order valence-electron chi connectivity index (χ2n) is 6.32. The van der Waals surface area contributed by atoms with Crippen LogP contribution in [0.25, 0.3) is 0 Å². The molecule has 1 saturated carbocycles. The van der Waals surface area contributed by atoms with Crippen molar-refractivity contribution >= 4 is 17.6 Å². The molecule has 6 atom stereocenters. The minimum Gasteiger partial charge on any atom is -0.373 e. The van der Waals surface area contributed by atoms with E-state index in [0.29, 0.717) is 13.2 Å². The minimum absolute atomic E-state index is 0.103. The highest BCUT2D eigenvalue weighted by Gasteiger charge is 2.35. The predicted octanol–water partition coefficient (Wildman–Crippen LogP) is 0.442. The normalized spacial score (nSPS) is 42.3. The fourth-order valence-corrected chi connectivity index (χ4v) is 3.79. The lowest BCUT2D eigenvalue weighted by Crippen LogP contribution is -2.65. The summed E-state index contributed by atoms with van der Waals surface area (Å²) in [6.07, 6.45) is 3.45. The van der Waals surface area contributed by atoms with Crippen molar-refractivity contribution in [1.29, 1.82) is 0 Å². The van der Waals surface area contributed by atoms with Gasteiger partial charge in [-0.15, -0.1) is 11.6 Å². The van der Waals surface area contributed by atoms with Gasteiger partial charge < -0.3 is 20.1 Å². The molecule has 0 bridgehead atoms. The highest BCUT2D eigenvalue weighted by atomic mass is 35.5. The third-order valence-corrected chi connectivity index (χ3v) is 4.75. The van der Waals surface area contributed by atoms with Crippen LogP contribution < -0.4 is 21.3 Å². The molecule has 0 aromatic carbocycles. The third-order valence-electron chi connectivity index (χ3n) is 4.45. The van der Waals surface area contributed by atoms with Gasteiger partial charge in [0.05, 0.1) is 30.9 Å². The molecule has 0 aromatic heterocycles. The quantitative estimate of drug-likeness (QED) is 0.436. The summed E-state index contributed by atoms with van der Waals surface area (Å²) < 4.78 is 11.4. The number of hydrogen-bond donors (Lipinski definition) is 4. The highest BCUT2D eigenvalue weighted by molar-refractivity contribution is 6.20. The monoisotopic (exact) mass is 332 g/mol. The Morgan fingerprint density at radius 1 is 1.09 bits per heavy atom. The molecule has 2 aliphatic heterocycles. The van der Waals surface area contributed by atoms with Crippen LogP contribution in [0.4, 0.5) is 4.79 Å². The molecule has 0 aromatic rings.